The number of aryl methyl sites for hydroxylation is 1. The lowest BCUT2D eigenvalue weighted by atomic mass is 10.2. The molecule has 4 rings (SSSR count). The van der Waals surface area contributed by atoms with E-state index in [1.54, 1.807) is 23.8 Å². The molecule has 0 spiro atoms. The van der Waals surface area contributed by atoms with Crippen LogP contribution < -0.4 is 10.3 Å². The Balaban J connectivity index is 1.90. The van der Waals surface area contributed by atoms with Gasteiger partial charge in [-0.15, -0.1) is 0 Å². The van der Waals surface area contributed by atoms with E-state index in [-0.39, 0.29) is 11.7 Å². The van der Waals surface area contributed by atoms with E-state index in [0.29, 0.717) is 32.5 Å². The Bertz CT molecular complexity index is 1080. The minimum absolute atomic E-state index is 0.125. The molecule has 1 saturated heterocycles. The molecule has 0 saturated carbocycles. The van der Waals surface area contributed by atoms with Crippen molar-refractivity contribution in [3.8, 4) is 11.4 Å². The van der Waals surface area contributed by atoms with Crippen LogP contribution in [0.4, 0.5) is 0 Å². The Kier molecular flexibility index (Phi) is 5.62. The second kappa shape index (κ2) is 8.15. The Hall–Kier alpha value is -2.02. The Morgan fingerprint density at radius 3 is 2.93 bits per heavy atom. The molecule has 0 amide bonds. The van der Waals surface area contributed by atoms with Crippen LogP contribution in [0.2, 0.25) is 5.02 Å². The molecule has 0 radical (unpaired) electrons. The van der Waals surface area contributed by atoms with Gasteiger partial charge in [0.2, 0.25) is 0 Å². The molecule has 1 fully saturated rings. The number of fused-ring (bicyclic) bond motifs is 1. The van der Waals surface area contributed by atoms with Crippen molar-refractivity contribution in [1.29, 1.82) is 0 Å². The van der Waals surface area contributed by atoms with Gasteiger partial charge in [0, 0.05) is 23.4 Å². The van der Waals surface area contributed by atoms with Crippen molar-refractivity contribution in [3.05, 3.63) is 57.3 Å². The van der Waals surface area contributed by atoms with Gasteiger partial charge in [-0.1, -0.05) is 35.5 Å². The summed E-state index contributed by atoms with van der Waals surface area (Å²) in [7, 11) is 1.57. The van der Waals surface area contributed by atoms with Gasteiger partial charge >= 0.3 is 0 Å². The molecule has 0 unspecified atom stereocenters. The number of ether oxygens (including phenoxy) is 2. The molecular formula is C21H21ClN2O3S. The molecule has 28 heavy (non-hydrogen) atoms. The SMILES string of the molecule is COc1cc(Cl)c(C)cc1-n1c(SC[C@H]2CCCO2)nc2ccccc2c1=O. The van der Waals surface area contributed by atoms with E-state index in [9.17, 15) is 4.79 Å². The van der Waals surface area contributed by atoms with Crippen molar-refractivity contribution < 1.29 is 9.47 Å². The molecule has 1 aliphatic rings. The van der Waals surface area contributed by atoms with Gasteiger partial charge in [-0.05, 0) is 43.5 Å². The maximum absolute atomic E-state index is 13.4. The lowest BCUT2D eigenvalue weighted by Gasteiger charge is -2.18. The summed E-state index contributed by atoms with van der Waals surface area (Å²) >= 11 is 7.80. The zero-order valence-corrected chi connectivity index (χ0v) is 17.3. The van der Waals surface area contributed by atoms with E-state index in [0.717, 1.165) is 30.8 Å². The maximum Gasteiger partial charge on any atom is 0.266 e. The fourth-order valence-corrected chi connectivity index (χ4v) is 4.58. The van der Waals surface area contributed by atoms with Gasteiger partial charge in [-0.2, -0.15) is 0 Å². The molecule has 1 atom stereocenters. The summed E-state index contributed by atoms with van der Waals surface area (Å²) in [5.74, 6) is 1.29. The number of hydrogen-bond donors (Lipinski definition) is 0. The average Bonchev–Trinajstić information content (AvgIpc) is 3.22. The van der Waals surface area contributed by atoms with E-state index in [4.69, 9.17) is 26.1 Å². The number of para-hydroxylation sites is 1. The first-order valence-electron chi connectivity index (χ1n) is 9.19. The third-order valence-electron chi connectivity index (χ3n) is 4.87. The number of methoxy groups -OCH3 is 1. The minimum atomic E-state index is -0.125. The predicted molar refractivity (Wildman–Crippen MR) is 113 cm³/mol. The van der Waals surface area contributed by atoms with E-state index in [1.807, 2.05) is 31.2 Å². The first kappa shape index (κ1) is 19.3. The average molecular weight is 417 g/mol. The fraction of sp³-hybridized carbons (Fsp3) is 0.333. The topological polar surface area (TPSA) is 53.4 Å². The van der Waals surface area contributed by atoms with Crippen molar-refractivity contribution in [1.82, 2.24) is 9.55 Å². The van der Waals surface area contributed by atoms with Crippen LogP contribution in [-0.2, 0) is 4.74 Å². The van der Waals surface area contributed by atoms with Gasteiger partial charge in [-0.25, -0.2) is 4.98 Å². The van der Waals surface area contributed by atoms with Gasteiger partial charge < -0.3 is 9.47 Å². The summed E-state index contributed by atoms with van der Waals surface area (Å²) in [6.45, 7) is 2.71. The molecule has 2 heterocycles. The quantitative estimate of drug-likeness (QED) is 0.448. The summed E-state index contributed by atoms with van der Waals surface area (Å²) < 4.78 is 12.9. The largest absolute Gasteiger partial charge is 0.495 e. The zero-order chi connectivity index (χ0) is 19.7. The van der Waals surface area contributed by atoms with E-state index in [2.05, 4.69) is 0 Å². The third-order valence-corrected chi connectivity index (χ3v) is 6.35. The predicted octanol–water partition coefficient (Wildman–Crippen LogP) is 4.63. The standard InChI is InChI=1S/C21H21ClN2O3S/c1-13-10-18(19(26-2)11-16(13)22)24-20(25)15-7-3-4-8-17(15)23-21(24)28-12-14-6-5-9-27-14/h3-4,7-8,10-11,14H,5-6,9,12H2,1-2H3/t14-/m1/s1. The second-order valence-electron chi connectivity index (χ2n) is 6.77. The highest BCUT2D eigenvalue weighted by Crippen LogP contribution is 2.32. The zero-order valence-electron chi connectivity index (χ0n) is 15.8. The summed E-state index contributed by atoms with van der Waals surface area (Å²) in [6, 6.07) is 11.0. The monoisotopic (exact) mass is 416 g/mol. The minimum Gasteiger partial charge on any atom is -0.495 e. The summed E-state index contributed by atoms with van der Waals surface area (Å²) in [4.78, 5) is 18.2. The van der Waals surface area contributed by atoms with Crippen molar-refractivity contribution in [2.75, 3.05) is 19.5 Å². The van der Waals surface area contributed by atoms with Gasteiger partial charge in [0.15, 0.2) is 5.16 Å². The highest BCUT2D eigenvalue weighted by molar-refractivity contribution is 7.99. The summed E-state index contributed by atoms with van der Waals surface area (Å²) in [6.07, 6.45) is 2.30. The highest BCUT2D eigenvalue weighted by Gasteiger charge is 2.21. The number of halogens is 1. The van der Waals surface area contributed by atoms with Gasteiger partial charge in [0.05, 0.1) is 29.8 Å². The highest BCUT2D eigenvalue weighted by atomic mass is 35.5. The fourth-order valence-electron chi connectivity index (χ4n) is 3.35. The van der Waals surface area contributed by atoms with Gasteiger partial charge in [0.1, 0.15) is 5.75 Å². The number of benzene rings is 2. The maximum atomic E-state index is 13.4. The van der Waals surface area contributed by atoms with Crippen LogP contribution in [0.1, 0.15) is 18.4 Å². The van der Waals surface area contributed by atoms with E-state index < -0.39 is 0 Å². The van der Waals surface area contributed by atoms with Crippen LogP contribution in [0.5, 0.6) is 5.75 Å². The molecule has 0 aliphatic carbocycles. The molecule has 5 nitrogen and oxygen atoms in total. The van der Waals surface area contributed by atoms with Crippen molar-refractivity contribution in [3.63, 3.8) is 0 Å². The number of nitrogens with zero attached hydrogens (tertiary/aromatic N) is 2. The molecule has 0 bridgehead atoms. The Labute approximate surface area is 172 Å². The second-order valence-corrected chi connectivity index (χ2v) is 8.17. The van der Waals surface area contributed by atoms with Crippen LogP contribution in [0.25, 0.3) is 16.6 Å². The van der Waals surface area contributed by atoms with Crippen LogP contribution in [-0.4, -0.2) is 35.1 Å². The molecule has 3 aromatic rings. The summed E-state index contributed by atoms with van der Waals surface area (Å²) in [5.41, 5.74) is 2.07. The van der Waals surface area contributed by atoms with Crippen molar-refractivity contribution in [2.45, 2.75) is 31.0 Å². The number of thioether (sulfide) groups is 1. The number of rotatable bonds is 5. The van der Waals surface area contributed by atoms with Gasteiger partial charge in [0.25, 0.3) is 5.56 Å². The Morgan fingerprint density at radius 1 is 1.36 bits per heavy atom. The molecule has 7 heteroatoms. The smallest absolute Gasteiger partial charge is 0.266 e. The number of aromatic nitrogens is 2. The lowest BCUT2D eigenvalue weighted by molar-refractivity contribution is 0.129. The molecular weight excluding hydrogens is 396 g/mol. The Morgan fingerprint density at radius 2 is 2.18 bits per heavy atom. The van der Waals surface area contributed by atoms with E-state index in [1.165, 1.54) is 11.8 Å². The third kappa shape index (κ3) is 3.64. The molecule has 1 aromatic heterocycles. The van der Waals surface area contributed by atoms with Crippen LogP contribution >= 0.6 is 23.4 Å². The summed E-state index contributed by atoms with van der Waals surface area (Å²) in [5, 5.41) is 1.79. The van der Waals surface area contributed by atoms with Crippen LogP contribution in [0, 0.1) is 6.92 Å². The van der Waals surface area contributed by atoms with Crippen molar-refractivity contribution in [2.24, 2.45) is 0 Å². The first-order valence-corrected chi connectivity index (χ1v) is 10.6. The molecule has 0 N–H and O–H groups in total. The van der Waals surface area contributed by atoms with Gasteiger partial charge in [-0.3, -0.25) is 9.36 Å². The molecule has 146 valence electrons. The molecule has 2 aromatic carbocycles. The van der Waals surface area contributed by atoms with Crippen molar-refractivity contribution >= 4 is 34.3 Å². The van der Waals surface area contributed by atoms with E-state index >= 15 is 0 Å². The number of hydrogen-bond acceptors (Lipinski definition) is 5. The molecule has 1 aliphatic heterocycles. The lowest BCUT2D eigenvalue weighted by Crippen LogP contribution is -2.23. The van der Waals surface area contributed by atoms with Crippen LogP contribution in [0.15, 0.2) is 46.3 Å². The van der Waals surface area contributed by atoms with Crippen LogP contribution in [0.3, 0.4) is 0 Å². The normalized spacial score (nSPS) is 16.6. The first-order chi connectivity index (χ1) is 13.6.